The van der Waals surface area contributed by atoms with Gasteiger partial charge in [-0.15, -0.1) is 0 Å². The Labute approximate surface area is 144 Å². The maximum atomic E-state index is 12.4. The number of phenolic OH excluding ortho intramolecular Hbond substituents is 1. The van der Waals surface area contributed by atoms with E-state index in [9.17, 15) is 19.5 Å². The molecular formula is C17H18N4O4. The molecule has 0 radical (unpaired) electrons. The monoisotopic (exact) mass is 342 g/mol. The van der Waals surface area contributed by atoms with Crippen molar-refractivity contribution >= 4 is 35.3 Å². The van der Waals surface area contributed by atoms with Gasteiger partial charge in [0.25, 0.3) is 5.91 Å². The van der Waals surface area contributed by atoms with Crippen LogP contribution in [0.5, 0.6) is 5.75 Å². The summed E-state index contributed by atoms with van der Waals surface area (Å²) in [5.74, 6) is -1.03. The zero-order chi connectivity index (χ0) is 18.6. The topological polar surface area (TPSA) is 125 Å². The van der Waals surface area contributed by atoms with Gasteiger partial charge in [0, 0.05) is 26.8 Å². The van der Waals surface area contributed by atoms with Gasteiger partial charge >= 0.3 is 0 Å². The van der Waals surface area contributed by atoms with E-state index in [4.69, 9.17) is 5.73 Å². The molecule has 0 atom stereocenters. The van der Waals surface area contributed by atoms with Crippen LogP contribution in [0.15, 0.2) is 39.9 Å². The fourth-order valence-corrected chi connectivity index (χ4v) is 2.23. The Bertz CT molecular complexity index is 806. The number of benzene rings is 1. The van der Waals surface area contributed by atoms with E-state index in [0.29, 0.717) is 5.56 Å². The number of amides is 3. The molecule has 0 aromatic heterocycles. The Morgan fingerprint density at radius 1 is 1.28 bits per heavy atom. The minimum Gasteiger partial charge on any atom is -0.508 e. The number of phenols is 1. The minimum atomic E-state index is -0.538. The molecule has 1 heterocycles. The molecular weight excluding hydrogens is 324 g/mol. The largest absolute Gasteiger partial charge is 0.508 e. The third-order valence-electron chi connectivity index (χ3n) is 3.42. The predicted octanol–water partition coefficient (Wildman–Crippen LogP) is 0.857. The van der Waals surface area contributed by atoms with Crippen molar-refractivity contribution in [2.75, 3.05) is 7.05 Å². The fraction of sp³-hybridized carbons (Fsp3) is 0.235. The van der Waals surface area contributed by atoms with Crippen LogP contribution in [-0.2, 0) is 14.4 Å². The smallest absolute Gasteiger partial charge is 0.277 e. The van der Waals surface area contributed by atoms with E-state index in [0.717, 1.165) is 0 Å². The number of likely N-dealkylation sites (N-methyl/N-ethyl adjacent to an activating group) is 1. The van der Waals surface area contributed by atoms with Gasteiger partial charge in [-0.05, 0) is 23.8 Å². The molecule has 2 rings (SSSR count). The lowest BCUT2D eigenvalue weighted by Gasteiger charge is -2.13. The summed E-state index contributed by atoms with van der Waals surface area (Å²) in [5.41, 5.74) is 6.22. The molecule has 0 saturated heterocycles. The number of nitrogens with two attached hydrogens (primary N) is 1. The summed E-state index contributed by atoms with van der Waals surface area (Å²) in [7, 11) is 1.51. The summed E-state index contributed by atoms with van der Waals surface area (Å²) in [4.78, 5) is 44.1. The van der Waals surface area contributed by atoms with Crippen LogP contribution >= 0.6 is 0 Å². The van der Waals surface area contributed by atoms with Gasteiger partial charge in [0.05, 0.1) is 5.71 Å². The summed E-state index contributed by atoms with van der Waals surface area (Å²) in [6, 6.07) is 6.27. The molecule has 3 amide bonds. The SMILES string of the molecule is CC(=O)N=C(CCC(N)=O)C1=N/C(=C/c2ccc(O)cc2)C(=O)N1C. The van der Waals surface area contributed by atoms with Crippen LogP contribution in [0.2, 0.25) is 0 Å². The van der Waals surface area contributed by atoms with Gasteiger partial charge in [-0.3, -0.25) is 19.3 Å². The standard InChI is InChI=1S/C17H18N4O4/c1-10(22)19-13(7-8-15(18)24)16-20-14(17(25)21(16)2)9-11-3-5-12(23)6-4-11/h3-6,9,23H,7-8H2,1-2H3,(H2,18,24)/b14-9+,19-13?. The van der Waals surface area contributed by atoms with E-state index in [2.05, 4.69) is 9.98 Å². The van der Waals surface area contributed by atoms with Crippen molar-refractivity contribution < 1.29 is 19.5 Å². The fourth-order valence-electron chi connectivity index (χ4n) is 2.23. The van der Waals surface area contributed by atoms with Crippen molar-refractivity contribution in [2.45, 2.75) is 19.8 Å². The second kappa shape index (κ2) is 7.52. The number of aromatic hydroxyl groups is 1. The van der Waals surface area contributed by atoms with E-state index in [1.165, 1.54) is 31.0 Å². The molecule has 0 fully saturated rings. The molecule has 1 aromatic rings. The highest BCUT2D eigenvalue weighted by atomic mass is 16.3. The lowest BCUT2D eigenvalue weighted by molar-refractivity contribution is -0.121. The molecule has 8 nitrogen and oxygen atoms in total. The van der Waals surface area contributed by atoms with Gasteiger partial charge in [0.1, 0.15) is 11.4 Å². The van der Waals surface area contributed by atoms with Gasteiger partial charge in [-0.2, -0.15) is 0 Å². The molecule has 0 bridgehead atoms. The molecule has 0 spiro atoms. The molecule has 8 heteroatoms. The Balaban J connectivity index is 2.37. The van der Waals surface area contributed by atoms with Gasteiger partial charge < -0.3 is 10.8 Å². The second-order valence-corrected chi connectivity index (χ2v) is 5.46. The molecule has 0 aliphatic carbocycles. The first-order valence-electron chi connectivity index (χ1n) is 7.52. The first-order valence-corrected chi connectivity index (χ1v) is 7.52. The summed E-state index contributed by atoms with van der Waals surface area (Å²) in [6.07, 6.45) is 1.66. The van der Waals surface area contributed by atoms with Crippen molar-refractivity contribution in [2.24, 2.45) is 15.7 Å². The van der Waals surface area contributed by atoms with Crippen LogP contribution in [0, 0.1) is 0 Å². The summed E-state index contributed by atoms with van der Waals surface area (Å²) in [6.45, 7) is 1.27. The Morgan fingerprint density at radius 3 is 2.48 bits per heavy atom. The number of hydrogen-bond acceptors (Lipinski definition) is 5. The number of aliphatic imine (C=N–C) groups is 2. The highest BCUT2D eigenvalue weighted by Gasteiger charge is 2.30. The maximum Gasteiger partial charge on any atom is 0.277 e. The van der Waals surface area contributed by atoms with E-state index in [1.807, 2.05) is 0 Å². The zero-order valence-corrected chi connectivity index (χ0v) is 13.9. The number of rotatable bonds is 5. The Morgan fingerprint density at radius 2 is 1.92 bits per heavy atom. The molecule has 0 saturated carbocycles. The molecule has 1 aliphatic heterocycles. The van der Waals surface area contributed by atoms with Crippen molar-refractivity contribution in [1.29, 1.82) is 0 Å². The molecule has 0 unspecified atom stereocenters. The van der Waals surface area contributed by atoms with Crippen LogP contribution < -0.4 is 5.73 Å². The highest BCUT2D eigenvalue weighted by Crippen LogP contribution is 2.20. The normalized spacial score (nSPS) is 16.3. The molecule has 130 valence electrons. The average Bonchev–Trinajstić information content (AvgIpc) is 2.81. The van der Waals surface area contributed by atoms with Crippen LogP contribution in [0.1, 0.15) is 25.3 Å². The number of carbonyl (C=O) groups excluding carboxylic acids is 3. The molecule has 3 N–H and O–H groups in total. The molecule has 1 aliphatic rings. The van der Waals surface area contributed by atoms with Crippen LogP contribution in [-0.4, -0.2) is 46.3 Å². The highest BCUT2D eigenvalue weighted by molar-refractivity contribution is 6.47. The van der Waals surface area contributed by atoms with Gasteiger partial charge in [-0.25, -0.2) is 9.98 Å². The third-order valence-corrected chi connectivity index (χ3v) is 3.42. The second-order valence-electron chi connectivity index (χ2n) is 5.46. The van der Waals surface area contributed by atoms with E-state index in [1.54, 1.807) is 18.2 Å². The number of carbonyl (C=O) groups is 3. The lowest BCUT2D eigenvalue weighted by atomic mass is 10.1. The number of nitrogens with zero attached hydrogens (tertiary/aromatic N) is 3. The zero-order valence-electron chi connectivity index (χ0n) is 13.9. The number of hydrogen-bond donors (Lipinski definition) is 2. The Kier molecular flexibility index (Phi) is 5.43. The first-order chi connectivity index (χ1) is 11.8. The first kappa shape index (κ1) is 18.1. The third kappa shape index (κ3) is 4.60. The number of amidine groups is 1. The minimum absolute atomic E-state index is 0.00975. The summed E-state index contributed by atoms with van der Waals surface area (Å²) >= 11 is 0. The van der Waals surface area contributed by atoms with Crippen molar-refractivity contribution in [3.63, 3.8) is 0 Å². The van der Waals surface area contributed by atoms with Gasteiger partial charge in [-0.1, -0.05) is 12.1 Å². The van der Waals surface area contributed by atoms with Crippen molar-refractivity contribution in [1.82, 2.24) is 4.90 Å². The van der Waals surface area contributed by atoms with Gasteiger partial charge in [0.2, 0.25) is 11.8 Å². The maximum absolute atomic E-state index is 12.4. The van der Waals surface area contributed by atoms with Crippen molar-refractivity contribution in [3.8, 4) is 5.75 Å². The molecule has 1 aromatic carbocycles. The average molecular weight is 342 g/mol. The van der Waals surface area contributed by atoms with Gasteiger partial charge in [0.15, 0.2) is 5.84 Å². The van der Waals surface area contributed by atoms with Crippen LogP contribution in [0.3, 0.4) is 0 Å². The van der Waals surface area contributed by atoms with E-state index < -0.39 is 11.8 Å². The molecule has 25 heavy (non-hydrogen) atoms. The summed E-state index contributed by atoms with van der Waals surface area (Å²) in [5, 5.41) is 9.31. The van der Waals surface area contributed by atoms with E-state index in [-0.39, 0.29) is 41.7 Å². The Hall–Kier alpha value is -3.29. The predicted molar refractivity (Wildman–Crippen MR) is 92.8 cm³/mol. The van der Waals surface area contributed by atoms with E-state index >= 15 is 0 Å². The summed E-state index contributed by atoms with van der Waals surface area (Å²) < 4.78 is 0. The van der Waals surface area contributed by atoms with Crippen molar-refractivity contribution in [3.05, 3.63) is 35.5 Å². The van der Waals surface area contributed by atoms with Crippen LogP contribution in [0.25, 0.3) is 6.08 Å². The number of primary amides is 1. The lowest BCUT2D eigenvalue weighted by Crippen LogP contribution is -2.34. The quantitative estimate of drug-likeness (QED) is 0.608. The van der Waals surface area contributed by atoms with Crippen LogP contribution in [0.4, 0.5) is 0 Å².